The molecule has 0 aromatic carbocycles. The molecule has 0 spiro atoms. The van der Waals surface area contributed by atoms with Crippen LogP contribution in [0.5, 0.6) is 0 Å². The van der Waals surface area contributed by atoms with Gasteiger partial charge in [-0.15, -0.1) is 0 Å². The van der Waals surface area contributed by atoms with Crippen LogP contribution < -0.4 is 10.6 Å². The second kappa shape index (κ2) is 6.90. The summed E-state index contributed by atoms with van der Waals surface area (Å²) in [6.45, 7) is 4.62. The van der Waals surface area contributed by atoms with E-state index >= 15 is 0 Å². The number of carbonyl (C=O) groups excluding carboxylic acids is 1. The van der Waals surface area contributed by atoms with E-state index in [-0.39, 0.29) is 18.5 Å². The Morgan fingerprint density at radius 1 is 1.59 bits per heavy atom. The van der Waals surface area contributed by atoms with Gasteiger partial charge in [0.05, 0.1) is 18.3 Å². The first-order chi connectivity index (χ1) is 8.13. The molecular formula is C11H20N4O2. The molecule has 6 nitrogen and oxygen atoms in total. The number of aromatic amines is 1. The zero-order chi connectivity index (χ0) is 12.7. The molecule has 0 fully saturated rings. The highest BCUT2D eigenvalue weighted by Crippen LogP contribution is 2.05. The molecule has 0 aliphatic heterocycles. The van der Waals surface area contributed by atoms with Gasteiger partial charge in [-0.3, -0.25) is 5.10 Å². The van der Waals surface area contributed by atoms with Crippen molar-refractivity contribution < 1.29 is 9.90 Å². The molecule has 0 bridgehead atoms. The van der Waals surface area contributed by atoms with Crippen molar-refractivity contribution in [2.75, 3.05) is 6.54 Å². The predicted molar refractivity (Wildman–Crippen MR) is 64.3 cm³/mol. The van der Waals surface area contributed by atoms with E-state index < -0.39 is 6.10 Å². The molecule has 0 saturated heterocycles. The Bertz CT molecular complexity index is 326. The highest BCUT2D eigenvalue weighted by atomic mass is 16.3. The second-order valence-electron chi connectivity index (χ2n) is 4.10. The van der Waals surface area contributed by atoms with Gasteiger partial charge in [-0.25, -0.2) is 4.79 Å². The standard InChI is InChI=1S/C11H20N4O2/c1-3-8(2)10(16)7-13-11(17)12-6-9-4-5-14-15-9/h4-5,8,10,16H,3,6-7H2,1-2H3,(H,14,15)(H2,12,13,17). The van der Waals surface area contributed by atoms with Crippen LogP contribution in [0.15, 0.2) is 12.3 Å². The van der Waals surface area contributed by atoms with E-state index in [1.165, 1.54) is 0 Å². The number of aliphatic hydroxyl groups excluding tert-OH is 1. The molecule has 2 atom stereocenters. The van der Waals surface area contributed by atoms with Gasteiger partial charge in [0.15, 0.2) is 0 Å². The third-order valence-corrected chi connectivity index (χ3v) is 2.77. The molecule has 1 aromatic heterocycles. The number of hydrogen-bond acceptors (Lipinski definition) is 3. The number of aromatic nitrogens is 2. The van der Waals surface area contributed by atoms with Crippen molar-refractivity contribution in [3.05, 3.63) is 18.0 Å². The molecule has 4 N–H and O–H groups in total. The summed E-state index contributed by atoms with van der Waals surface area (Å²) in [6, 6.07) is 1.50. The summed E-state index contributed by atoms with van der Waals surface area (Å²) in [5.74, 6) is 0.183. The van der Waals surface area contributed by atoms with Crippen LogP contribution in [0.3, 0.4) is 0 Å². The van der Waals surface area contributed by atoms with Gasteiger partial charge in [0, 0.05) is 12.7 Å². The first kappa shape index (κ1) is 13.5. The molecule has 2 amide bonds. The molecule has 1 aromatic rings. The number of amides is 2. The summed E-state index contributed by atoms with van der Waals surface area (Å²) in [4.78, 5) is 11.4. The Morgan fingerprint density at radius 2 is 2.35 bits per heavy atom. The topological polar surface area (TPSA) is 90.0 Å². The van der Waals surface area contributed by atoms with E-state index in [4.69, 9.17) is 0 Å². The Morgan fingerprint density at radius 3 is 2.94 bits per heavy atom. The lowest BCUT2D eigenvalue weighted by atomic mass is 10.0. The van der Waals surface area contributed by atoms with Gasteiger partial charge in [-0.05, 0) is 12.0 Å². The van der Waals surface area contributed by atoms with E-state index in [2.05, 4.69) is 20.8 Å². The van der Waals surface area contributed by atoms with Gasteiger partial charge in [0.25, 0.3) is 0 Å². The highest BCUT2D eigenvalue weighted by molar-refractivity contribution is 5.73. The van der Waals surface area contributed by atoms with Crippen LogP contribution in [0, 0.1) is 5.92 Å². The van der Waals surface area contributed by atoms with Gasteiger partial charge in [0.2, 0.25) is 0 Å². The molecule has 17 heavy (non-hydrogen) atoms. The van der Waals surface area contributed by atoms with Crippen molar-refractivity contribution in [3.8, 4) is 0 Å². The lowest BCUT2D eigenvalue weighted by Gasteiger charge is -2.17. The average molecular weight is 240 g/mol. The number of urea groups is 1. The third-order valence-electron chi connectivity index (χ3n) is 2.77. The van der Waals surface area contributed by atoms with Gasteiger partial charge in [-0.1, -0.05) is 20.3 Å². The molecule has 0 radical (unpaired) electrons. The number of nitrogens with zero attached hydrogens (tertiary/aromatic N) is 1. The summed E-state index contributed by atoms with van der Waals surface area (Å²) in [5.41, 5.74) is 0.836. The van der Waals surface area contributed by atoms with Crippen molar-refractivity contribution in [2.24, 2.45) is 5.92 Å². The van der Waals surface area contributed by atoms with Gasteiger partial charge in [-0.2, -0.15) is 5.10 Å². The summed E-state index contributed by atoms with van der Waals surface area (Å²) in [5, 5.41) is 21.5. The van der Waals surface area contributed by atoms with Gasteiger partial charge >= 0.3 is 6.03 Å². The van der Waals surface area contributed by atoms with Crippen LogP contribution >= 0.6 is 0 Å². The molecule has 0 aliphatic carbocycles. The maximum atomic E-state index is 11.4. The first-order valence-corrected chi connectivity index (χ1v) is 5.81. The fourth-order valence-corrected chi connectivity index (χ4v) is 1.29. The monoisotopic (exact) mass is 240 g/mol. The number of rotatable bonds is 6. The lowest BCUT2D eigenvalue weighted by Crippen LogP contribution is -2.41. The highest BCUT2D eigenvalue weighted by Gasteiger charge is 2.12. The maximum Gasteiger partial charge on any atom is 0.315 e. The summed E-state index contributed by atoms with van der Waals surface area (Å²) < 4.78 is 0. The number of H-pyrrole nitrogens is 1. The first-order valence-electron chi connectivity index (χ1n) is 5.81. The Balaban J connectivity index is 2.17. The van der Waals surface area contributed by atoms with Crippen LogP contribution in [-0.2, 0) is 6.54 Å². The molecule has 1 rings (SSSR count). The summed E-state index contributed by atoms with van der Waals surface area (Å²) in [7, 11) is 0. The SMILES string of the molecule is CCC(C)C(O)CNC(=O)NCc1ccn[nH]1. The van der Waals surface area contributed by atoms with Crippen molar-refractivity contribution in [3.63, 3.8) is 0 Å². The number of carbonyl (C=O) groups is 1. The van der Waals surface area contributed by atoms with E-state index in [0.717, 1.165) is 12.1 Å². The minimum Gasteiger partial charge on any atom is -0.391 e. The van der Waals surface area contributed by atoms with Crippen LogP contribution in [-0.4, -0.2) is 34.0 Å². The van der Waals surface area contributed by atoms with Crippen molar-refractivity contribution in [1.29, 1.82) is 0 Å². The van der Waals surface area contributed by atoms with E-state index in [0.29, 0.717) is 6.54 Å². The Kier molecular flexibility index (Phi) is 5.48. The van der Waals surface area contributed by atoms with Gasteiger partial charge in [0.1, 0.15) is 0 Å². The van der Waals surface area contributed by atoms with Crippen LogP contribution in [0.1, 0.15) is 26.0 Å². The fourth-order valence-electron chi connectivity index (χ4n) is 1.29. The molecule has 0 aliphatic rings. The Hall–Kier alpha value is -1.56. The van der Waals surface area contributed by atoms with Gasteiger partial charge < -0.3 is 15.7 Å². The average Bonchev–Trinajstić information content (AvgIpc) is 2.85. The van der Waals surface area contributed by atoms with E-state index in [1.807, 2.05) is 13.8 Å². The molecule has 0 saturated carbocycles. The van der Waals surface area contributed by atoms with Crippen LogP contribution in [0.4, 0.5) is 4.79 Å². The quantitative estimate of drug-likeness (QED) is 0.587. The van der Waals surface area contributed by atoms with E-state index in [9.17, 15) is 9.90 Å². The second-order valence-corrected chi connectivity index (χ2v) is 4.10. The molecule has 96 valence electrons. The van der Waals surface area contributed by atoms with Crippen molar-refractivity contribution in [1.82, 2.24) is 20.8 Å². The third kappa shape index (κ3) is 4.86. The minimum absolute atomic E-state index is 0.183. The van der Waals surface area contributed by atoms with Crippen molar-refractivity contribution >= 4 is 6.03 Å². The van der Waals surface area contributed by atoms with Crippen LogP contribution in [0.25, 0.3) is 0 Å². The molecule has 2 unspecified atom stereocenters. The molecule has 1 heterocycles. The molecule has 6 heteroatoms. The number of hydrogen-bond donors (Lipinski definition) is 4. The summed E-state index contributed by atoms with van der Waals surface area (Å²) >= 11 is 0. The zero-order valence-electron chi connectivity index (χ0n) is 10.2. The van der Waals surface area contributed by atoms with Crippen molar-refractivity contribution in [2.45, 2.75) is 32.9 Å². The summed E-state index contributed by atoms with van der Waals surface area (Å²) in [6.07, 6.45) is 2.01. The predicted octanol–water partition coefficient (Wildman–Crippen LogP) is 0.616. The smallest absolute Gasteiger partial charge is 0.315 e. The normalized spacial score (nSPS) is 14.1. The zero-order valence-corrected chi connectivity index (χ0v) is 10.2. The minimum atomic E-state index is -0.502. The number of nitrogens with one attached hydrogen (secondary N) is 3. The fraction of sp³-hybridized carbons (Fsp3) is 0.636. The molecular weight excluding hydrogens is 220 g/mol. The largest absolute Gasteiger partial charge is 0.391 e. The maximum absolute atomic E-state index is 11.4. The lowest BCUT2D eigenvalue weighted by molar-refractivity contribution is 0.114. The van der Waals surface area contributed by atoms with E-state index in [1.54, 1.807) is 12.3 Å². The Labute approximate surface area is 101 Å². The number of aliphatic hydroxyl groups is 1. The van der Waals surface area contributed by atoms with Crippen LogP contribution in [0.2, 0.25) is 0 Å².